The number of anilines is 1. The van der Waals surface area contributed by atoms with Crippen LogP contribution in [0.15, 0.2) is 30.3 Å². The van der Waals surface area contributed by atoms with Gasteiger partial charge in [0.15, 0.2) is 5.75 Å². The molecular formula is C10H7Cl2N3O. The number of para-hydroxylation sites is 2. The lowest BCUT2D eigenvalue weighted by Gasteiger charge is -2.07. The fourth-order valence-corrected chi connectivity index (χ4v) is 1.50. The number of aromatic nitrogens is 2. The lowest BCUT2D eigenvalue weighted by Crippen LogP contribution is -1.94. The minimum absolute atomic E-state index is 0.0250. The Morgan fingerprint density at radius 3 is 2.56 bits per heavy atom. The highest BCUT2D eigenvalue weighted by Crippen LogP contribution is 2.27. The lowest BCUT2D eigenvalue weighted by molar-refractivity contribution is 0.464. The van der Waals surface area contributed by atoms with Crippen molar-refractivity contribution in [3.05, 3.63) is 40.8 Å². The molecule has 1 heterocycles. The predicted molar refractivity (Wildman–Crippen MR) is 63.0 cm³/mol. The second-order valence-electron chi connectivity index (χ2n) is 2.94. The molecule has 0 aliphatic heterocycles. The van der Waals surface area contributed by atoms with Crippen molar-refractivity contribution >= 4 is 28.9 Å². The van der Waals surface area contributed by atoms with Crippen LogP contribution in [0.2, 0.25) is 10.4 Å². The Morgan fingerprint density at radius 2 is 1.88 bits per heavy atom. The quantitative estimate of drug-likeness (QED) is 0.509. The molecular weight excluding hydrogens is 249 g/mol. The van der Waals surface area contributed by atoms with Crippen molar-refractivity contribution < 1.29 is 4.74 Å². The van der Waals surface area contributed by atoms with Gasteiger partial charge in [0.05, 0.1) is 5.69 Å². The first-order valence-corrected chi connectivity index (χ1v) is 5.13. The van der Waals surface area contributed by atoms with Crippen molar-refractivity contribution in [2.24, 2.45) is 0 Å². The monoisotopic (exact) mass is 255 g/mol. The fourth-order valence-electron chi connectivity index (χ4n) is 1.11. The molecule has 0 bridgehead atoms. The first-order chi connectivity index (χ1) is 7.65. The summed E-state index contributed by atoms with van der Waals surface area (Å²) in [5.41, 5.74) is 6.22. The first kappa shape index (κ1) is 11.0. The summed E-state index contributed by atoms with van der Waals surface area (Å²) < 4.78 is 5.43. The highest BCUT2D eigenvalue weighted by Gasteiger charge is 2.05. The highest BCUT2D eigenvalue weighted by atomic mass is 35.5. The van der Waals surface area contributed by atoms with E-state index in [1.807, 2.05) is 6.07 Å². The van der Waals surface area contributed by atoms with Gasteiger partial charge in [-0.3, -0.25) is 0 Å². The molecule has 0 aliphatic carbocycles. The third kappa shape index (κ3) is 2.53. The van der Waals surface area contributed by atoms with Gasteiger partial charge in [-0.1, -0.05) is 23.7 Å². The van der Waals surface area contributed by atoms with E-state index in [0.717, 1.165) is 0 Å². The van der Waals surface area contributed by atoms with Gasteiger partial charge in [0, 0.05) is 6.07 Å². The van der Waals surface area contributed by atoms with Gasteiger partial charge in [-0.15, -0.1) is 0 Å². The minimum atomic E-state index is 0.0250. The van der Waals surface area contributed by atoms with Crippen LogP contribution in [-0.2, 0) is 0 Å². The van der Waals surface area contributed by atoms with Gasteiger partial charge in [-0.2, -0.15) is 4.98 Å². The maximum absolute atomic E-state index is 5.71. The molecule has 2 rings (SSSR count). The zero-order chi connectivity index (χ0) is 11.5. The van der Waals surface area contributed by atoms with Crippen LogP contribution in [0.1, 0.15) is 0 Å². The standard InChI is InChI=1S/C10H7Cl2N3O/c11-8-5-9(15-10(12)14-8)16-7-4-2-1-3-6(7)13/h1-5H,13H2. The average molecular weight is 256 g/mol. The molecule has 0 fully saturated rings. The van der Waals surface area contributed by atoms with Crippen molar-refractivity contribution in [1.82, 2.24) is 9.97 Å². The number of hydrogen-bond acceptors (Lipinski definition) is 4. The average Bonchev–Trinajstić information content (AvgIpc) is 2.20. The molecule has 82 valence electrons. The summed E-state index contributed by atoms with van der Waals surface area (Å²) in [4.78, 5) is 7.57. The van der Waals surface area contributed by atoms with E-state index in [0.29, 0.717) is 11.4 Å². The molecule has 1 aromatic carbocycles. The summed E-state index contributed by atoms with van der Waals surface area (Å²) in [6, 6.07) is 8.51. The molecule has 0 amide bonds. The summed E-state index contributed by atoms with van der Waals surface area (Å²) >= 11 is 11.3. The zero-order valence-electron chi connectivity index (χ0n) is 8.02. The van der Waals surface area contributed by atoms with Crippen LogP contribution in [-0.4, -0.2) is 9.97 Å². The van der Waals surface area contributed by atoms with Crippen LogP contribution in [0.5, 0.6) is 11.6 Å². The van der Waals surface area contributed by atoms with Gasteiger partial charge in [0.2, 0.25) is 11.2 Å². The summed E-state index contributed by atoms with van der Waals surface area (Å²) in [6.45, 7) is 0. The van der Waals surface area contributed by atoms with Crippen LogP contribution in [0.25, 0.3) is 0 Å². The van der Waals surface area contributed by atoms with E-state index >= 15 is 0 Å². The Labute approximate surface area is 102 Å². The number of nitrogens with two attached hydrogens (primary N) is 1. The number of benzene rings is 1. The number of nitrogens with zero attached hydrogens (tertiary/aromatic N) is 2. The molecule has 4 nitrogen and oxygen atoms in total. The van der Waals surface area contributed by atoms with Gasteiger partial charge in [-0.25, -0.2) is 4.98 Å². The van der Waals surface area contributed by atoms with E-state index < -0.39 is 0 Å². The Balaban J connectivity index is 2.30. The largest absolute Gasteiger partial charge is 0.437 e. The van der Waals surface area contributed by atoms with Crippen LogP contribution < -0.4 is 10.5 Å². The molecule has 2 N–H and O–H groups in total. The molecule has 0 unspecified atom stereocenters. The van der Waals surface area contributed by atoms with E-state index in [-0.39, 0.29) is 16.3 Å². The molecule has 0 spiro atoms. The van der Waals surface area contributed by atoms with Crippen molar-refractivity contribution in [3.8, 4) is 11.6 Å². The molecule has 0 saturated carbocycles. The Hall–Kier alpha value is -1.52. The normalized spacial score (nSPS) is 10.1. The third-order valence-electron chi connectivity index (χ3n) is 1.78. The van der Waals surface area contributed by atoms with Crippen molar-refractivity contribution in [2.75, 3.05) is 5.73 Å². The van der Waals surface area contributed by atoms with E-state index in [1.165, 1.54) is 6.07 Å². The second kappa shape index (κ2) is 4.55. The highest BCUT2D eigenvalue weighted by molar-refractivity contribution is 6.31. The van der Waals surface area contributed by atoms with Gasteiger partial charge in [0.25, 0.3) is 0 Å². The van der Waals surface area contributed by atoms with E-state index in [9.17, 15) is 0 Å². The topological polar surface area (TPSA) is 61.0 Å². The van der Waals surface area contributed by atoms with Crippen LogP contribution in [0.4, 0.5) is 5.69 Å². The summed E-state index contributed by atoms with van der Waals surface area (Å²) in [7, 11) is 0. The van der Waals surface area contributed by atoms with E-state index in [1.54, 1.807) is 18.2 Å². The lowest BCUT2D eigenvalue weighted by atomic mass is 10.3. The van der Waals surface area contributed by atoms with E-state index in [4.69, 9.17) is 33.7 Å². The zero-order valence-corrected chi connectivity index (χ0v) is 9.53. The number of hydrogen-bond donors (Lipinski definition) is 1. The van der Waals surface area contributed by atoms with Gasteiger partial charge < -0.3 is 10.5 Å². The van der Waals surface area contributed by atoms with Crippen LogP contribution in [0, 0.1) is 0 Å². The molecule has 1 aromatic heterocycles. The van der Waals surface area contributed by atoms with Gasteiger partial charge in [0.1, 0.15) is 5.15 Å². The number of nitrogen functional groups attached to an aromatic ring is 1. The number of ether oxygens (including phenoxy) is 1. The summed E-state index contributed by atoms with van der Waals surface area (Å²) in [6.07, 6.45) is 0. The molecule has 0 aliphatic rings. The second-order valence-corrected chi connectivity index (χ2v) is 3.66. The smallest absolute Gasteiger partial charge is 0.227 e. The summed E-state index contributed by atoms with van der Waals surface area (Å²) in [5.74, 6) is 0.747. The van der Waals surface area contributed by atoms with Gasteiger partial charge in [-0.05, 0) is 23.7 Å². The Kier molecular flexibility index (Phi) is 3.12. The SMILES string of the molecule is Nc1ccccc1Oc1cc(Cl)nc(Cl)n1. The summed E-state index contributed by atoms with van der Waals surface area (Å²) in [5, 5.41) is 0.238. The fraction of sp³-hybridized carbons (Fsp3) is 0. The van der Waals surface area contributed by atoms with E-state index in [2.05, 4.69) is 9.97 Å². The molecule has 16 heavy (non-hydrogen) atoms. The van der Waals surface area contributed by atoms with Crippen molar-refractivity contribution in [1.29, 1.82) is 0 Å². The van der Waals surface area contributed by atoms with Gasteiger partial charge >= 0.3 is 0 Å². The minimum Gasteiger partial charge on any atom is -0.437 e. The maximum Gasteiger partial charge on any atom is 0.227 e. The number of halogens is 2. The predicted octanol–water partition coefficient (Wildman–Crippen LogP) is 3.16. The Bertz CT molecular complexity index is 499. The molecule has 0 radical (unpaired) electrons. The van der Waals surface area contributed by atoms with Crippen molar-refractivity contribution in [2.45, 2.75) is 0 Å². The molecule has 6 heteroatoms. The maximum atomic E-state index is 5.71. The Morgan fingerprint density at radius 1 is 1.12 bits per heavy atom. The van der Waals surface area contributed by atoms with Crippen LogP contribution in [0.3, 0.4) is 0 Å². The first-order valence-electron chi connectivity index (χ1n) is 4.37. The third-order valence-corrected chi connectivity index (χ3v) is 2.14. The number of rotatable bonds is 2. The molecule has 0 saturated heterocycles. The van der Waals surface area contributed by atoms with Crippen LogP contribution >= 0.6 is 23.2 Å². The van der Waals surface area contributed by atoms with Crippen molar-refractivity contribution in [3.63, 3.8) is 0 Å². The molecule has 0 atom stereocenters. The molecule has 2 aromatic rings.